The van der Waals surface area contributed by atoms with Crippen molar-refractivity contribution in [1.29, 1.82) is 0 Å². The van der Waals surface area contributed by atoms with Crippen LogP contribution in [-0.2, 0) is 9.59 Å². The van der Waals surface area contributed by atoms with Crippen LogP contribution in [0.3, 0.4) is 0 Å². The minimum Gasteiger partial charge on any atom is -0.497 e. The SMILES string of the molecule is CC[C@]1(Br)C(=O)N(c2ccc(OC)cc2)[C@H]1C=O. The second-order valence-corrected chi connectivity index (χ2v) is 5.59. The molecule has 0 aliphatic carbocycles. The van der Waals surface area contributed by atoms with Gasteiger partial charge < -0.3 is 9.53 Å². The Morgan fingerprint density at radius 2 is 2.06 bits per heavy atom. The highest BCUT2D eigenvalue weighted by Gasteiger charge is 2.58. The zero-order valence-corrected chi connectivity index (χ0v) is 11.8. The van der Waals surface area contributed by atoms with E-state index in [1.807, 2.05) is 6.92 Å². The number of β-lactam (4-membered cyclic amide) rings is 1. The molecule has 5 heteroatoms. The average molecular weight is 312 g/mol. The second kappa shape index (κ2) is 4.72. The number of benzene rings is 1. The third kappa shape index (κ3) is 1.73. The molecule has 0 unspecified atom stereocenters. The number of ether oxygens (including phenoxy) is 1. The number of amides is 1. The monoisotopic (exact) mass is 311 g/mol. The highest BCUT2D eigenvalue weighted by atomic mass is 79.9. The van der Waals surface area contributed by atoms with Gasteiger partial charge in [0, 0.05) is 5.69 Å². The molecule has 0 N–H and O–H groups in total. The first-order valence-electron chi connectivity index (χ1n) is 5.70. The van der Waals surface area contributed by atoms with Gasteiger partial charge in [-0.05, 0) is 30.7 Å². The van der Waals surface area contributed by atoms with Crippen LogP contribution in [0.2, 0.25) is 0 Å². The van der Waals surface area contributed by atoms with E-state index in [9.17, 15) is 9.59 Å². The maximum Gasteiger partial charge on any atom is 0.247 e. The molecule has 0 bridgehead atoms. The van der Waals surface area contributed by atoms with Gasteiger partial charge in [-0.1, -0.05) is 22.9 Å². The third-order valence-electron chi connectivity index (χ3n) is 3.32. The number of carbonyl (C=O) groups excluding carboxylic acids is 2. The quantitative estimate of drug-likeness (QED) is 0.486. The van der Waals surface area contributed by atoms with Gasteiger partial charge in [0.1, 0.15) is 22.4 Å². The van der Waals surface area contributed by atoms with E-state index in [0.29, 0.717) is 12.1 Å². The number of hydrogen-bond acceptors (Lipinski definition) is 3. The lowest BCUT2D eigenvalue weighted by Crippen LogP contribution is -2.71. The molecule has 96 valence electrons. The van der Waals surface area contributed by atoms with E-state index in [-0.39, 0.29) is 5.91 Å². The summed E-state index contributed by atoms with van der Waals surface area (Å²) < 4.78 is 4.32. The van der Waals surface area contributed by atoms with Crippen LogP contribution in [0.1, 0.15) is 13.3 Å². The van der Waals surface area contributed by atoms with Crippen molar-refractivity contribution < 1.29 is 14.3 Å². The number of nitrogens with zero attached hydrogens (tertiary/aromatic N) is 1. The summed E-state index contributed by atoms with van der Waals surface area (Å²) >= 11 is 3.38. The fraction of sp³-hybridized carbons (Fsp3) is 0.385. The topological polar surface area (TPSA) is 46.6 Å². The summed E-state index contributed by atoms with van der Waals surface area (Å²) in [6.45, 7) is 1.88. The van der Waals surface area contributed by atoms with Gasteiger partial charge in [0.05, 0.1) is 7.11 Å². The molecule has 2 rings (SSSR count). The molecule has 4 nitrogen and oxygen atoms in total. The Morgan fingerprint density at radius 1 is 1.44 bits per heavy atom. The Bertz CT molecular complexity index is 474. The lowest BCUT2D eigenvalue weighted by atomic mass is 9.85. The number of hydrogen-bond donors (Lipinski definition) is 0. The van der Waals surface area contributed by atoms with E-state index in [2.05, 4.69) is 15.9 Å². The van der Waals surface area contributed by atoms with Crippen molar-refractivity contribution >= 4 is 33.8 Å². The maximum absolute atomic E-state index is 12.1. The molecule has 0 saturated carbocycles. The molecular weight excluding hydrogens is 298 g/mol. The summed E-state index contributed by atoms with van der Waals surface area (Å²) in [7, 11) is 1.58. The Hall–Kier alpha value is -1.36. The zero-order chi connectivity index (χ0) is 13.3. The van der Waals surface area contributed by atoms with Crippen LogP contribution < -0.4 is 9.64 Å². The smallest absolute Gasteiger partial charge is 0.247 e. The Kier molecular flexibility index (Phi) is 3.43. The van der Waals surface area contributed by atoms with Crippen molar-refractivity contribution in [3.63, 3.8) is 0 Å². The molecule has 1 heterocycles. The molecule has 2 atom stereocenters. The minimum absolute atomic E-state index is 0.0766. The first-order valence-corrected chi connectivity index (χ1v) is 6.49. The molecular formula is C13H14BrNO3. The summed E-state index contributed by atoms with van der Waals surface area (Å²) in [5, 5.41) is 0. The Labute approximate surface area is 114 Å². The molecule has 1 saturated heterocycles. The van der Waals surface area contributed by atoms with E-state index in [0.717, 1.165) is 12.0 Å². The van der Waals surface area contributed by atoms with Crippen molar-refractivity contribution in [3.05, 3.63) is 24.3 Å². The van der Waals surface area contributed by atoms with Crippen LogP contribution in [-0.4, -0.2) is 29.7 Å². The van der Waals surface area contributed by atoms with Crippen LogP contribution in [0.15, 0.2) is 24.3 Å². The minimum atomic E-state index is -0.741. The zero-order valence-electron chi connectivity index (χ0n) is 10.2. The summed E-state index contributed by atoms with van der Waals surface area (Å²) in [6, 6.07) is 6.63. The number of halogens is 1. The molecule has 1 amide bonds. The van der Waals surface area contributed by atoms with Crippen LogP contribution >= 0.6 is 15.9 Å². The van der Waals surface area contributed by atoms with Gasteiger partial charge in [-0.3, -0.25) is 9.69 Å². The van der Waals surface area contributed by atoms with Gasteiger partial charge in [0.2, 0.25) is 5.91 Å². The van der Waals surface area contributed by atoms with E-state index in [1.54, 1.807) is 31.4 Å². The van der Waals surface area contributed by atoms with E-state index >= 15 is 0 Å². The molecule has 1 aliphatic heterocycles. The summed E-state index contributed by atoms with van der Waals surface area (Å²) in [6.07, 6.45) is 1.39. The molecule has 1 aromatic carbocycles. The van der Waals surface area contributed by atoms with Gasteiger partial charge in [-0.2, -0.15) is 0 Å². The highest BCUT2D eigenvalue weighted by Crippen LogP contribution is 2.43. The Morgan fingerprint density at radius 3 is 2.50 bits per heavy atom. The van der Waals surface area contributed by atoms with Crippen molar-refractivity contribution in [2.45, 2.75) is 23.7 Å². The summed E-state index contributed by atoms with van der Waals surface area (Å²) in [4.78, 5) is 24.8. The third-order valence-corrected chi connectivity index (χ3v) is 4.68. The molecule has 1 aliphatic rings. The lowest BCUT2D eigenvalue weighted by Gasteiger charge is -2.50. The molecule has 1 aromatic rings. The molecule has 1 fully saturated rings. The predicted octanol–water partition coefficient (Wildman–Crippen LogP) is 2.15. The number of alkyl halides is 1. The van der Waals surface area contributed by atoms with Crippen LogP contribution in [0.4, 0.5) is 5.69 Å². The van der Waals surface area contributed by atoms with Gasteiger partial charge in [0.25, 0.3) is 0 Å². The fourth-order valence-corrected chi connectivity index (χ4v) is 2.65. The normalized spacial score (nSPS) is 26.7. The Balaban J connectivity index is 2.28. The van der Waals surface area contributed by atoms with E-state index in [1.165, 1.54) is 4.90 Å². The number of carbonyl (C=O) groups is 2. The summed E-state index contributed by atoms with van der Waals surface area (Å²) in [5.41, 5.74) is 0.710. The van der Waals surface area contributed by atoms with E-state index in [4.69, 9.17) is 4.74 Å². The molecule has 0 aromatic heterocycles. The lowest BCUT2D eigenvalue weighted by molar-refractivity contribution is -0.131. The fourth-order valence-electron chi connectivity index (χ4n) is 2.14. The van der Waals surface area contributed by atoms with E-state index < -0.39 is 10.4 Å². The number of anilines is 1. The van der Waals surface area contributed by atoms with Gasteiger partial charge >= 0.3 is 0 Å². The predicted molar refractivity (Wildman–Crippen MR) is 72.3 cm³/mol. The molecule has 18 heavy (non-hydrogen) atoms. The maximum atomic E-state index is 12.1. The molecule has 0 radical (unpaired) electrons. The largest absolute Gasteiger partial charge is 0.497 e. The number of aldehydes is 1. The van der Waals surface area contributed by atoms with Crippen molar-refractivity contribution in [1.82, 2.24) is 0 Å². The van der Waals surface area contributed by atoms with Crippen molar-refractivity contribution in [2.75, 3.05) is 12.0 Å². The second-order valence-electron chi connectivity index (χ2n) is 4.17. The average Bonchev–Trinajstić information content (AvgIpc) is 2.43. The standard InChI is InChI=1S/C13H14BrNO3/c1-3-13(14)11(8-16)15(12(13)17)9-4-6-10(18-2)7-5-9/h4-8,11H,3H2,1-2H3/t11-,13+/m0/s1. The summed E-state index contributed by atoms with van der Waals surface area (Å²) in [5.74, 6) is 0.641. The first-order chi connectivity index (χ1) is 8.58. The van der Waals surface area contributed by atoms with Crippen molar-refractivity contribution in [2.24, 2.45) is 0 Å². The van der Waals surface area contributed by atoms with Crippen LogP contribution in [0, 0.1) is 0 Å². The van der Waals surface area contributed by atoms with Gasteiger partial charge in [0.15, 0.2) is 0 Å². The van der Waals surface area contributed by atoms with Crippen LogP contribution in [0.25, 0.3) is 0 Å². The van der Waals surface area contributed by atoms with Crippen LogP contribution in [0.5, 0.6) is 5.75 Å². The van der Waals surface area contributed by atoms with Gasteiger partial charge in [-0.25, -0.2) is 0 Å². The number of methoxy groups -OCH3 is 1. The number of rotatable bonds is 4. The molecule has 0 spiro atoms. The van der Waals surface area contributed by atoms with Gasteiger partial charge in [-0.15, -0.1) is 0 Å². The highest BCUT2D eigenvalue weighted by molar-refractivity contribution is 9.10. The first kappa shape index (κ1) is 13.1. The van der Waals surface area contributed by atoms with Crippen molar-refractivity contribution in [3.8, 4) is 5.75 Å².